The molecule has 0 radical (unpaired) electrons. The Morgan fingerprint density at radius 1 is 1.15 bits per heavy atom. The molecule has 3 heterocycles. The van der Waals surface area contributed by atoms with Crippen LogP contribution in [0, 0.1) is 5.92 Å². The zero-order valence-corrected chi connectivity index (χ0v) is 24.9. The third-order valence-corrected chi connectivity index (χ3v) is 7.56. The van der Waals surface area contributed by atoms with Crippen LogP contribution in [0.2, 0.25) is 0 Å². The fourth-order valence-corrected chi connectivity index (χ4v) is 5.07. The van der Waals surface area contributed by atoms with Crippen molar-refractivity contribution in [2.24, 2.45) is 5.92 Å². The molecular formula is C30H44N6O4. The average molecular weight is 553 g/mol. The molecule has 0 aliphatic carbocycles. The number of anilines is 2. The number of hydrogen-bond acceptors (Lipinski definition) is 8. The first-order valence-corrected chi connectivity index (χ1v) is 14.2. The number of carbonyl (C=O) groups excluding carboxylic acids is 2. The van der Waals surface area contributed by atoms with Crippen molar-refractivity contribution in [2.75, 3.05) is 29.9 Å². The third kappa shape index (κ3) is 7.62. The van der Waals surface area contributed by atoms with Gasteiger partial charge in [0.25, 0.3) is 0 Å². The van der Waals surface area contributed by atoms with Gasteiger partial charge in [-0.1, -0.05) is 38.1 Å². The standard InChI is InChI=1S/C30H44N6O4/c1-20(2)24-19-39-28(38)36(24)25-12-15-31-26(33-25)32-21(3)23-10-8-22(9-11-23)18-35-16-13-30(7,14-17-35)34-27(37)40-29(4,5)6/h8-12,15,20-21,24H,13-14,16-19H2,1-7H3,(H,34,37)(H,31,32,33). The minimum Gasteiger partial charge on any atom is -0.447 e. The highest BCUT2D eigenvalue weighted by atomic mass is 16.6. The van der Waals surface area contributed by atoms with Gasteiger partial charge in [-0.2, -0.15) is 4.98 Å². The molecule has 2 N–H and O–H groups in total. The van der Waals surface area contributed by atoms with E-state index < -0.39 is 5.60 Å². The predicted molar refractivity (Wildman–Crippen MR) is 155 cm³/mol. The van der Waals surface area contributed by atoms with Crippen LogP contribution in [0.4, 0.5) is 21.4 Å². The summed E-state index contributed by atoms with van der Waals surface area (Å²) in [4.78, 5) is 37.6. The molecular weight excluding hydrogens is 508 g/mol. The first-order valence-electron chi connectivity index (χ1n) is 14.2. The van der Waals surface area contributed by atoms with Gasteiger partial charge in [-0.3, -0.25) is 9.80 Å². The second-order valence-corrected chi connectivity index (χ2v) is 12.6. The highest BCUT2D eigenvalue weighted by Gasteiger charge is 2.37. The van der Waals surface area contributed by atoms with Gasteiger partial charge in [0.05, 0.1) is 12.1 Å². The predicted octanol–water partition coefficient (Wildman–Crippen LogP) is 5.51. The van der Waals surface area contributed by atoms with E-state index in [1.165, 1.54) is 5.56 Å². The van der Waals surface area contributed by atoms with Crippen LogP contribution < -0.4 is 15.5 Å². The summed E-state index contributed by atoms with van der Waals surface area (Å²) in [5, 5.41) is 6.44. The lowest BCUT2D eigenvalue weighted by Gasteiger charge is -2.40. The maximum Gasteiger partial charge on any atom is 0.415 e. The molecule has 1 aromatic heterocycles. The summed E-state index contributed by atoms with van der Waals surface area (Å²) in [5.41, 5.74) is 1.60. The van der Waals surface area contributed by atoms with E-state index in [1.807, 2.05) is 20.8 Å². The molecule has 2 aromatic rings. The number of likely N-dealkylation sites (tertiary alicyclic amines) is 1. The Labute approximate surface area is 237 Å². The topological polar surface area (TPSA) is 109 Å². The van der Waals surface area contributed by atoms with Gasteiger partial charge >= 0.3 is 12.2 Å². The number of rotatable bonds is 8. The lowest BCUT2D eigenvalue weighted by atomic mass is 9.89. The summed E-state index contributed by atoms with van der Waals surface area (Å²) in [6.45, 7) is 17.0. The summed E-state index contributed by atoms with van der Waals surface area (Å²) in [5.74, 6) is 1.26. The van der Waals surface area contributed by atoms with E-state index in [-0.39, 0.29) is 35.7 Å². The van der Waals surface area contributed by atoms with Crippen LogP contribution in [0.5, 0.6) is 0 Å². The number of benzene rings is 1. The number of nitrogens with zero attached hydrogens (tertiary/aromatic N) is 4. The Morgan fingerprint density at radius 3 is 2.45 bits per heavy atom. The summed E-state index contributed by atoms with van der Waals surface area (Å²) < 4.78 is 10.7. The van der Waals surface area contributed by atoms with Gasteiger partial charge in [-0.25, -0.2) is 14.6 Å². The molecule has 2 atom stereocenters. The van der Waals surface area contributed by atoms with Gasteiger partial charge in [0.1, 0.15) is 18.0 Å². The number of nitrogens with one attached hydrogen (secondary N) is 2. The van der Waals surface area contributed by atoms with Crippen molar-refractivity contribution in [3.63, 3.8) is 0 Å². The van der Waals surface area contributed by atoms with E-state index in [9.17, 15) is 9.59 Å². The molecule has 0 bridgehead atoms. The summed E-state index contributed by atoms with van der Waals surface area (Å²) >= 11 is 0. The second kappa shape index (κ2) is 12.0. The molecule has 2 saturated heterocycles. The summed E-state index contributed by atoms with van der Waals surface area (Å²) in [6, 6.07) is 10.2. The maximum atomic E-state index is 12.3. The Balaban J connectivity index is 1.30. The first-order chi connectivity index (χ1) is 18.8. The molecule has 40 heavy (non-hydrogen) atoms. The molecule has 2 fully saturated rings. The van der Waals surface area contributed by atoms with Crippen LogP contribution in [-0.2, 0) is 16.0 Å². The number of alkyl carbamates (subject to hydrolysis) is 1. The maximum absolute atomic E-state index is 12.3. The Kier molecular flexibility index (Phi) is 8.87. The van der Waals surface area contributed by atoms with E-state index in [1.54, 1.807) is 17.2 Å². The first kappa shape index (κ1) is 29.6. The molecule has 218 valence electrons. The van der Waals surface area contributed by atoms with Gasteiger partial charge in [0.15, 0.2) is 0 Å². The van der Waals surface area contributed by atoms with E-state index in [0.717, 1.165) is 38.0 Å². The molecule has 10 nitrogen and oxygen atoms in total. The van der Waals surface area contributed by atoms with Crippen LogP contribution in [0.25, 0.3) is 0 Å². The molecule has 2 aliphatic rings. The zero-order valence-electron chi connectivity index (χ0n) is 24.9. The van der Waals surface area contributed by atoms with Crippen LogP contribution in [0.3, 0.4) is 0 Å². The third-order valence-electron chi connectivity index (χ3n) is 7.56. The van der Waals surface area contributed by atoms with Crippen molar-refractivity contribution in [2.45, 2.75) is 91.1 Å². The van der Waals surface area contributed by atoms with E-state index >= 15 is 0 Å². The fourth-order valence-electron chi connectivity index (χ4n) is 5.07. The van der Waals surface area contributed by atoms with E-state index in [0.29, 0.717) is 18.4 Å². The molecule has 0 spiro atoms. The van der Waals surface area contributed by atoms with E-state index in [2.05, 4.69) is 77.5 Å². The molecule has 1 aromatic carbocycles. The SMILES string of the molecule is CC(Nc1nccc(N2C(=O)OCC2C(C)C)n1)c1ccc(CN2CCC(C)(NC(=O)OC(C)(C)C)CC2)cc1. The smallest absolute Gasteiger partial charge is 0.415 e. The molecule has 2 amide bonds. The highest BCUT2D eigenvalue weighted by molar-refractivity contribution is 5.89. The largest absolute Gasteiger partial charge is 0.447 e. The van der Waals surface area contributed by atoms with Crippen molar-refractivity contribution in [1.29, 1.82) is 0 Å². The Bertz CT molecular complexity index is 1170. The van der Waals surface area contributed by atoms with Gasteiger partial charge in [0, 0.05) is 31.4 Å². The van der Waals surface area contributed by atoms with Crippen LogP contribution in [0.1, 0.15) is 78.5 Å². The van der Waals surface area contributed by atoms with Crippen molar-refractivity contribution >= 4 is 24.0 Å². The van der Waals surface area contributed by atoms with Gasteiger partial charge in [-0.15, -0.1) is 0 Å². The van der Waals surface area contributed by atoms with Gasteiger partial charge in [0.2, 0.25) is 5.95 Å². The molecule has 2 aliphatic heterocycles. The van der Waals surface area contributed by atoms with Crippen molar-refractivity contribution < 1.29 is 19.1 Å². The van der Waals surface area contributed by atoms with Crippen molar-refractivity contribution in [1.82, 2.24) is 20.2 Å². The Morgan fingerprint density at radius 2 is 1.82 bits per heavy atom. The molecule has 4 rings (SSSR count). The number of piperidine rings is 1. The Hall–Kier alpha value is -3.40. The zero-order chi connectivity index (χ0) is 29.1. The number of aromatic nitrogens is 2. The number of amides is 2. The monoisotopic (exact) mass is 552 g/mol. The van der Waals surface area contributed by atoms with Crippen molar-refractivity contribution in [3.05, 3.63) is 47.7 Å². The van der Waals surface area contributed by atoms with Crippen LogP contribution in [0.15, 0.2) is 36.5 Å². The minimum atomic E-state index is -0.502. The minimum absolute atomic E-state index is 0.0228. The van der Waals surface area contributed by atoms with Gasteiger partial charge < -0.3 is 20.1 Å². The quantitative estimate of drug-likeness (QED) is 0.441. The normalized spacial score (nSPS) is 20.2. The number of ether oxygens (including phenoxy) is 2. The summed E-state index contributed by atoms with van der Waals surface area (Å²) in [6.07, 6.45) is 2.69. The summed E-state index contributed by atoms with van der Waals surface area (Å²) in [7, 11) is 0. The van der Waals surface area contributed by atoms with Crippen LogP contribution in [-0.4, -0.2) is 63.9 Å². The van der Waals surface area contributed by atoms with Crippen molar-refractivity contribution in [3.8, 4) is 0 Å². The lowest BCUT2D eigenvalue weighted by molar-refractivity contribution is 0.0401. The molecule has 0 saturated carbocycles. The van der Waals surface area contributed by atoms with Gasteiger partial charge in [-0.05, 0) is 70.6 Å². The number of carbonyl (C=O) groups is 2. The molecule has 10 heteroatoms. The average Bonchev–Trinajstić information content (AvgIpc) is 3.26. The van der Waals surface area contributed by atoms with E-state index in [4.69, 9.17) is 9.47 Å². The fraction of sp³-hybridized carbons (Fsp3) is 0.600. The number of cyclic esters (lactones) is 1. The number of hydrogen-bond donors (Lipinski definition) is 2. The van der Waals surface area contributed by atoms with Crippen LogP contribution >= 0.6 is 0 Å². The highest BCUT2D eigenvalue weighted by Crippen LogP contribution is 2.27. The second-order valence-electron chi connectivity index (χ2n) is 12.6. The lowest BCUT2D eigenvalue weighted by Crippen LogP contribution is -2.54. The molecule has 2 unspecified atom stereocenters.